The van der Waals surface area contributed by atoms with Gasteiger partial charge in [-0.25, -0.2) is 4.57 Å². The Bertz CT molecular complexity index is 1770. The van der Waals surface area contributed by atoms with Crippen LogP contribution in [0.3, 0.4) is 0 Å². The quantitative estimate of drug-likeness (QED) is 0.230. The minimum absolute atomic E-state index is 0.905. The van der Waals surface area contributed by atoms with Gasteiger partial charge >= 0.3 is 0 Å². The molecule has 1 aliphatic carbocycles. The van der Waals surface area contributed by atoms with Gasteiger partial charge < -0.3 is 4.42 Å². The molecule has 2 heterocycles. The molecule has 0 aliphatic heterocycles. The molecule has 2 aromatic heterocycles. The maximum atomic E-state index is 6.77. The fourth-order valence-corrected chi connectivity index (χ4v) is 5.65. The topological polar surface area (TPSA) is 17.0 Å². The highest BCUT2D eigenvalue weighted by Gasteiger charge is 2.31. The first-order chi connectivity index (χ1) is 17.2. The second-order valence-corrected chi connectivity index (χ2v) is 9.27. The number of nitrogens with zero attached hydrogens (tertiary/aromatic N) is 1. The standard InChI is InChI=1S/C33H24NO/c1-21-11-3-4-12-22(21)32-31-29(19-20-34(32)2)35-33-28-18-10-8-16-26(28)24-14-6-5-13-23(24)25-15-7-9-17-27(25)30(31)33/h3-20H,1-2H3/q+1. The number of aromatic nitrogens is 1. The normalized spacial score (nSPS) is 11.7. The molecule has 0 N–H and O–H groups in total. The number of hydrogen-bond acceptors (Lipinski definition) is 1. The van der Waals surface area contributed by atoms with Crippen molar-refractivity contribution in [2.45, 2.75) is 6.92 Å². The summed E-state index contributed by atoms with van der Waals surface area (Å²) in [6.45, 7) is 2.18. The molecule has 0 atom stereocenters. The monoisotopic (exact) mass is 450 g/mol. The van der Waals surface area contributed by atoms with Gasteiger partial charge in [-0.3, -0.25) is 0 Å². The van der Waals surface area contributed by atoms with Crippen LogP contribution in [-0.4, -0.2) is 0 Å². The Morgan fingerprint density at radius 3 is 1.66 bits per heavy atom. The Hall–Kier alpha value is -4.43. The van der Waals surface area contributed by atoms with Crippen molar-refractivity contribution >= 4 is 11.0 Å². The van der Waals surface area contributed by atoms with Crippen LogP contribution in [0.2, 0.25) is 0 Å². The number of rotatable bonds is 1. The van der Waals surface area contributed by atoms with Crippen LogP contribution in [0.25, 0.3) is 66.9 Å². The third kappa shape index (κ3) is 2.87. The molecule has 2 nitrogen and oxygen atoms in total. The molecule has 6 aromatic rings. The molecule has 0 saturated heterocycles. The van der Waals surface area contributed by atoms with E-state index in [0.717, 1.165) is 27.9 Å². The van der Waals surface area contributed by atoms with Crippen LogP contribution >= 0.6 is 0 Å². The summed E-state index contributed by atoms with van der Waals surface area (Å²) in [5.41, 5.74) is 12.9. The van der Waals surface area contributed by atoms with Gasteiger partial charge in [0.1, 0.15) is 23.8 Å². The first-order valence-corrected chi connectivity index (χ1v) is 12.0. The van der Waals surface area contributed by atoms with Crippen molar-refractivity contribution in [2.75, 3.05) is 0 Å². The van der Waals surface area contributed by atoms with Crippen LogP contribution in [0.5, 0.6) is 0 Å². The lowest BCUT2D eigenvalue weighted by Gasteiger charge is -2.20. The molecule has 35 heavy (non-hydrogen) atoms. The van der Waals surface area contributed by atoms with Gasteiger partial charge in [0.2, 0.25) is 5.69 Å². The van der Waals surface area contributed by atoms with Crippen LogP contribution < -0.4 is 4.57 Å². The molecule has 0 unspecified atom stereocenters. The van der Waals surface area contributed by atoms with E-state index in [9.17, 15) is 0 Å². The minimum atomic E-state index is 0.905. The van der Waals surface area contributed by atoms with Crippen molar-refractivity contribution in [3.8, 4) is 56.0 Å². The Kier molecular flexibility index (Phi) is 4.31. The molecule has 2 heteroatoms. The number of furan rings is 1. The number of aryl methyl sites for hydroxylation is 2. The molecular weight excluding hydrogens is 426 g/mol. The summed E-state index contributed by atoms with van der Waals surface area (Å²) in [5.74, 6) is 0.929. The lowest BCUT2D eigenvalue weighted by molar-refractivity contribution is -0.659. The Morgan fingerprint density at radius 1 is 0.543 bits per heavy atom. The fourth-order valence-electron chi connectivity index (χ4n) is 5.65. The smallest absolute Gasteiger partial charge is 0.224 e. The lowest BCUT2D eigenvalue weighted by atomic mass is 9.82. The molecule has 166 valence electrons. The van der Waals surface area contributed by atoms with E-state index in [1.807, 2.05) is 0 Å². The van der Waals surface area contributed by atoms with Crippen molar-refractivity contribution in [2.24, 2.45) is 7.05 Å². The van der Waals surface area contributed by atoms with Crippen LogP contribution in [0.15, 0.2) is 114 Å². The first-order valence-electron chi connectivity index (χ1n) is 12.0. The van der Waals surface area contributed by atoms with Gasteiger partial charge in [-0.15, -0.1) is 0 Å². The van der Waals surface area contributed by atoms with Crippen molar-refractivity contribution < 1.29 is 8.98 Å². The molecule has 0 spiro atoms. The highest BCUT2D eigenvalue weighted by Crippen LogP contribution is 2.52. The Labute approximate surface area is 204 Å². The zero-order chi connectivity index (χ0) is 23.5. The van der Waals surface area contributed by atoms with E-state index < -0.39 is 0 Å². The molecule has 0 bridgehead atoms. The van der Waals surface area contributed by atoms with E-state index in [0.29, 0.717) is 0 Å². The molecule has 0 saturated carbocycles. The zero-order valence-electron chi connectivity index (χ0n) is 19.7. The van der Waals surface area contributed by atoms with Crippen LogP contribution in [0.1, 0.15) is 5.56 Å². The average Bonchev–Trinajstić information content (AvgIpc) is 3.27. The summed E-state index contributed by atoms with van der Waals surface area (Å²) in [6.07, 6.45) is 2.10. The fraction of sp³-hybridized carbons (Fsp3) is 0.0606. The zero-order valence-corrected chi connectivity index (χ0v) is 19.7. The maximum absolute atomic E-state index is 6.77. The summed E-state index contributed by atoms with van der Waals surface area (Å²) in [5, 5.41) is 1.15. The Balaban J connectivity index is 1.72. The van der Waals surface area contributed by atoms with Crippen LogP contribution in [-0.2, 0) is 7.05 Å². The summed E-state index contributed by atoms with van der Waals surface area (Å²) in [7, 11) is 2.12. The van der Waals surface area contributed by atoms with Gasteiger partial charge in [0.05, 0.1) is 0 Å². The van der Waals surface area contributed by atoms with Gasteiger partial charge in [-0.1, -0.05) is 91.0 Å². The van der Waals surface area contributed by atoms with E-state index in [1.54, 1.807) is 0 Å². The van der Waals surface area contributed by atoms with Crippen molar-refractivity contribution in [3.63, 3.8) is 0 Å². The van der Waals surface area contributed by atoms with Crippen LogP contribution in [0, 0.1) is 6.92 Å². The van der Waals surface area contributed by atoms with E-state index in [4.69, 9.17) is 4.42 Å². The average molecular weight is 451 g/mol. The summed E-state index contributed by atoms with van der Waals surface area (Å²) >= 11 is 0. The highest BCUT2D eigenvalue weighted by molar-refractivity contribution is 6.13. The van der Waals surface area contributed by atoms with Crippen molar-refractivity contribution in [1.82, 2.24) is 0 Å². The summed E-state index contributed by atoms with van der Waals surface area (Å²) < 4.78 is 8.99. The van der Waals surface area contributed by atoms with Gasteiger partial charge in [0, 0.05) is 22.8 Å². The number of benzene rings is 4. The third-order valence-corrected chi connectivity index (χ3v) is 7.25. The SMILES string of the molecule is Cc1ccccc1-c1c2c3c(oc2cc[n+]1C)-c1ccccc1-c1ccccc1-c1ccccc1-3. The largest absolute Gasteiger partial charge is 0.455 e. The van der Waals surface area contributed by atoms with E-state index >= 15 is 0 Å². The minimum Gasteiger partial charge on any atom is -0.455 e. The second kappa shape index (κ2) is 7.54. The molecular formula is C33H24NO+. The second-order valence-electron chi connectivity index (χ2n) is 9.27. The van der Waals surface area contributed by atoms with E-state index in [1.165, 1.54) is 44.6 Å². The maximum Gasteiger partial charge on any atom is 0.224 e. The molecule has 0 amide bonds. The Morgan fingerprint density at radius 2 is 1.03 bits per heavy atom. The number of hydrogen-bond donors (Lipinski definition) is 0. The predicted molar refractivity (Wildman–Crippen MR) is 143 cm³/mol. The highest BCUT2D eigenvalue weighted by atomic mass is 16.3. The predicted octanol–water partition coefficient (Wildman–Crippen LogP) is 8.21. The van der Waals surface area contributed by atoms with Crippen molar-refractivity contribution in [1.29, 1.82) is 0 Å². The molecule has 7 rings (SSSR count). The van der Waals surface area contributed by atoms with Crippen molar-refractivity contribution in [3.05, 3.63) is 115 Å². The molecule has 0 radical (unpaired) electrons. The van der Waals surface area contributed by atoms with Gasteiger partial charge in [-0.05, 0) is 46.4 Å². The van der Waals surface area contributed by atoms with Gasteiger partial charge in [-0.2, -0.15) is 0 Å². The lowest BCUT2D eigenvalue weighted by Crippen LogP contribution is -2.30. The molecule has 1 aliphatic rings. The molecule has 0 fully saturated rings. The third-order valence-electron chi connectivity index (χ3n) is 7.25. The van der Waals surface area contributed by atoms with E-state index in [-0.39, 0.29) is 0 Å². The molecule has 4 aromatic carbocycles. The van der Waals surface area contributed by atoms with Crippen LogP contribution in [0.4, 0.5) is 0 Å². The van der Waals surface area contributed by atoms with Gasteiger partial charge in [0.15, 0.2) is 6.20 Å². The summed E-state index contributed by atoms with van der Waals surface area (Å²) in [4.78, 5) is 0. The van der Waals surface area contributed by atoms with Gasteiger partial charge in [0.25, 0.3) is 0 Å². The summed E-state index contributed by atoms with van der Waals surface area (Å²) in [6, 6.07) is 36.8. The van der Waals surface area contributed by atoms with E-state index in [2.05, 4.69) is 128 Å². The number of pyridine rings is 1. The number of fused-ring (bicyclic) bond motifs is 10. The first kappa shape index (κ1) is 20.0.